The highest BCUT2D eigenvalue weighted by molar-refractivity contribution is 6.35. The minimum Gasteiger partial charge on any atom is -0.344 e. The van der Waals surface area contributed by atoms with E-state index in [0.717, 1.165) is 21.9 Å². The Morgan fingerprint density at radius 3 is 2.64 bits per heavy atom. The Kier molecular flexibility index (Phi) is 5.11. The van der Waals surface area contributed by atoms with E-state index in [-0.39, 0.29) is 6.54 Å². The molecule has 6 nitrogen and oxygen atoms in total. The molecule has 0 fully saturated rings. The number of benzene rings is 2. The van der Waals surface area contributed by atoms with Crippen LogP contribution in [0.2, 0.25) is 0 Å². The Bertz CT molecular complexity index is 923. The van der Waals surface area contributed by atoms with Crippen LogP contribution in [0.4, 0.5) is 0 Å². The lowest BCUT2D eigenvalue weighted by molar-refractivity contribution is -0.139. The van der Waals surface area contributed by atoms with Crippen molar-refractivity contribution in [3.8, 4) is 0 Å². The van der Waals surface area contributed by atoms with Crippen molar-refractivity contribution < 1.29 is 9.59 Å². The molecule has 3 aromatic rings. The molecule has 0 aliphatic heterocycles. The third kappa shape index (κ3) is 4.48. The van der Waals surface area contributed by atoms with E-state index in [0.29, 0.717) is 0 Å². The molecule has 2 aromatic carbocycles. The Hall–Kier alpha value is -3.54. The van der Waals surface area contributed by atoms with E-state index in [2.05, 4.69) is 20.8 Å². The third-order valence-corrected chi connectivity index (χ3v) is 3.54. The minimum absolute atomic E-state index is 0.231. The van der Waals surface area contributed by atoms with Crippen molar-refractivity contribution in [2.75, 3.05) is 0 Å². The van der Waals surface area contributed by atoms with Crippen molar-refractivity contribution in [1.29, 1.82) is 0 Å². The number of nitrogens with zero attached hydrogens (tertiary/aromatic N) is 2. The van der Waals surface area contributed by atoms with Crippen molar-refractivity contribution in [1.82, 2.24) is 15.7 Å². The van der Waals surface area contributed by atoms with Gasteiger partial charge in [0, 0.05) is 18.9 Å². The number of nitrogens with one attached hydrogen (secondary N) is 2. The molecule has 2 amide bonds. The number of pyridine rings is 1. The second kappa shape index (κ2) is 7.83. The first kappa shape index (κ1) is 16.3. The maximum atomic E-state index is 11.7. The number of hydrogen-bond donors (Lipinski definition) is 2. The summed E-state index contributed by atoms with van der Waals surface area (Å²) in [6.07, 6.45) is 4.76. The Labute approximate surface area is 144 Å². The van der Waals surface area contributed by atoms with Gasteiger partial charge in [0.15, 0.2) is 0 Å². The van der Waals surface area contributed by atoms with Crippen LogP contribution >= 0.6 is 0 Å². The molecular weight excluding hydrogens is 316 g/mol. The van der Waals surface area contributed by atoms with Crippen LogP contribution in [0.1, 0.15) is 11.1 Å². The Balaban J connectivity index is 1.53. The van der Waals surface area contributed by atoms with E-state index < -0.39 is 11.8 Å². The topological polar surface area (TPSA) is 83.5 Å². The molecule has 2 N–H and O–H groups in total. The van der Waals surface area contributed by atoms with Gasteiger partial charge in [0.25, 0.3) is 0 Å². The SMILES string of the molecule is O=C(NCc1cccnc1)C(=O)NN=Cc1ccc2ccccc2c1. The standard InChI is InChI=1S/C19H16N4O2/c24-18(21-12-15-4-3-9-20-11-15)19(25)23-22-13-14-7-8-16-5-1-2-6-17(16)10-14/h1-11,13H,12H2,(H,21,24)(H,23,25). The van der Waals surface area contributed by atoms with Crippen LogP contribution in [0.5, 0.6) is 0 Å². The Morgan fingerprint density at radius 2 is 1.84 bits per heavy atom. The van der Waals surface area contributed by atoms with Gasteiger partial charge in [0.05, 0.1) is 6.21 Å². The van der Waals surface area contributed by atoms with E-state index >= 15 is 0 Å². The number of carbonyl (C=O) groups excluding carboxylic acids is 2. The van der Waals surface area contributed by atoms with Crippen LogP contribution in [0.25, 0.3) is 10.8 Å². The van der Waals surface area contributed by atoms with E-state index in [1.54, 1.807) is 18.5 Å². The van der Waals surface area contributed by atoms with Gasteiger partial charge < -0.3 is 5.32 Å². The molecule has 0 aliphatic rings. The van der Waals surface area contributed by atoms with Crippen LogP contribution < -0.4 is 10.7 Å². The molecule has 1 aromatic heterocycles. The van der Waals surface area contributed by atoms with Gasteiger partial charge in [-0.25, -0.2) is 5.43 Å². The summed E-state index contributed by atoms with van der Waals surface area (Å²) >= 11 is 0. The minimum atomic E-state index is -0.819. The van der Waals surface area contributed by atoms with E-state index in [9.17, 15) is 9.59 Å². The summed E-state index contributed by atoms with van der Waals surface area (Å²) in [4.78, 5) is 27.4. The summed E-state index contributed by atoms with van der Waals surface area (Å²) < 4.78 is 0. The molecule has 6 heteroatoms. The van der Waals surface area contributed by atoms with Crippen molar-refractivity contribution in [3.05, 3.63) is 78.1 Å². The van der Waals surface area contributed by atoms with Gasteiger partial charge >= 0.3 is 11.8 Å². The van der Waals surface area contributed by atoms with Gasteiger partial charge in [0.2, 0.25) is 0 Å². The summed E-state index contributed by atoms with van der Waals surface area (Å²) in [5.74, 6) is -1.57. The summed E-state index contributed by atoms with van der Waals surface area (Å²) in [6, 6.07) is 17.3. The lowest BCUT2D eigenvalue weighted by Gasteiger charge is -2.03. The number of aromatic nitrogens is 1. The molecule has 0 radical (unpaired) electrons. The fraction of sp³-hybridized carbons (Fsp3) is 0.0526. The molecule has 124 valence electrons. The number of fused-ring (bicyclic) bond motifs is 1. The highest BCUT2D eigenvalue weighted by Crippen LogP contribution is 2.14. The van der Waals surface area contributed by atoms with Crippen molar-refractivity contribution >= 4 is 28.8 Å². The quantitative estimate of drug-likeness (QED) is 0.435. The summed E-state index contributed by atoms with van der Waals surface area (Å²) in [5, 5.41) is 8.53. The number of amides is 2. The average molecular weight is 332 g/mol. The number of hydrogen-bond acceptors (Lipinski definition) is 4. The lowest BCUT2D eigenvalue weighted by atomic mass is 10.1. The largest absolute Gasteiger partial charge is 0.344 e. The van der Waals surface area contributed by atoms with Crippen LogP contribution in [0.3, 0.4) is 0 Å². The van der Waals surface area contributed by atoms with Gasteiger partial charge in [-0.2, -0.15) is 5.10 Å². The first-order chi connectivity index (χ1) is 12.2. The van der Waals surface area contributed by atoms with Gasteiger partial charge in [0.1, 0.15) is 0 Å². The average Bonchev–Trinajstić information content (AvgIpc) is 2.66. The normalized spacial score (nSPS) is 10.7. The zero-order chi connectivity index (χ0) is 17.5. The molecule has 0 aliphatic carbocycles. The first-order valence-corrected chi connectivity index (χ1v) is 7.71. The molecule has 0 saturated heterocycles. The van der Waals surface area contributed by atoms with Gasteiger partial charge in [-0.15, -0.1) is 0 Å². The van der Waals surface area contributed by atoms with E-state index in [4.69, 9.17) is 0 Å². The predicted molar refractivity (Wildman–Crippen MR) is 95.8 cm³/mol. The molecule has 0 spiro atoms. The summed E-state index contributed by atoms with van der Waals surface area (Å²) in [7, 11) is 0. The smallest absolute Gasteiger partial charge is 0.329 e. The fourth-order valence-corrected chi connectivity index (χ4v) is 2.27. The molecule has 0 saturated carbocycles. The second-order valence-electron chi connectivity index (χ2n) is 5.35. The third-order valence-electron chi connectivity index (χ3n) is 3.54. The summed E-state index contributed by atoms with van der Waals surface area (Å²) in [6.45, 7) is 0.231. The Morgan fingerprint density at radius 1 is 1.00 bits per heavy atom. The van der Waals surface area contributed by atoms with Gasteiger partial charge in [-0.1, -0.05) is 42.5 Å². The van der Waals surface area contributed by atoms with Gasteiger partial charge in [-0.3, -0.25) is 14.6 Å². The predicted octanol–water partition coefficient (Wildman–Crippen LogP) is 2.00. The van der Waals surface area contributed by atoms with Crippen LogP contribution in [0, 0.1) is 0 Å². The molecule has 0 bridgehead atoms. The fourth-order valence-electron chi connectivity index (χ4n) is 2.27. The van der Waals surface area contributed by atoms with Crippen LogP contribution in [-0.4, -0.2) is 23.0 Å². The van der Waals surface area contributed by atoms with Crippen molar-refractivity contribution in [3.63, 3.8) is 0 Å². The molecule has 0 unspecified atom stereocenters. The van der Waals surface area contributed by atoms with E-state index in [1.165, 1.54) is 6.21 Å². The molecule has 25 heavy (non-hydrogen) atoms. The van der Waals surface area contributed by atoms with Crippen molar-refractivity contribution in [2.24, 2.45) is 5.10 Å². The zero-order valence-corrected chi connectivity index (χ0v) is 13.3. The molecule has 1 heterocycles. The number of hydrazone groups is 1. The highest BCUT2D eigenvalue weighted by atomic mass is 16.2. The highest BCUT2D eigenvalue weighted by Gasteiger charge is 2.11. The monoisotopic (exact) mass is 332 g/mol. The molecule has 0 atom stereocenters. The number of carbonyl (C=O) groups is 2. The van der Waals surface area contributed by atoms with Crippen LogP contribution in [-0.2, 0) is 16.1 Å². The van der Waals surface area contributed by atoms with E-state index in [1.807, 2.05) is 48.5 Å². The maximum absolute atomic E-state index is 11.7. The zero-order valence-electron chi connectivity index (χ0n) is 13.3. The maximum Gasteiger partial charge on any atom is 0.329 e. The second-order valence-corrected chi connectivity index (χ2v) is 5.35. The van der Waals surface area contributed by atoms with Gasteiger partial charge in [-0.05, 0) is 34.0 Å². The van der Waals surface area contributed by atoms with Crippen molar-refractivity contribution in [2.45, 2.75) is 6.54 Å². The lowest BCUT2D eigenvalue weighted by Crippen LogP contribution is -2.37. The number of rotatable bonds is 4. The molecule has 3 rings (SSSR count). The summed E-state index contributed by atoms with van der Waals surface area (Å²) in [5.41, 5.74) is 3.86. The first-order valence-electron chi connectivity index (χ1n) is 7.71. The molecular formula is C19H16N4O2. The van der Waals surface area contributed by atoms with Crippen LogP contribution in [0.15, 0.2) is 72.1 Å².